The van der Waals surface area contributed by atoms with E-state index in [0.29, 0.717) is 18.5 Å². The fraction of sp³-hybridized carbons (Fsp3) is 0.565. The summed E-state index contributed by atoms with van der Waals surface area (Å²) >= 11 is 5.76. The molecule has 1 heterocycles. The van der Waals surface area contributed by atoms with Gasteiger partial charge in [-0.2, -0.15) is 0 Å². The summed E-state index contributed by atoms with van der Waals surface area (Å²) < 4.78 is 0. The van der Waals surface area contributed by atoms with Gasteiger partial charge in [-0.1, -0.05) is 44.7 Å². The van der Waals surface area contributed by atoms with Crippen molar-refractivity contribution in [2.24, 2.45) is 5.92 Å². The van der Waals surface area contributed by atoms with Crippen molar-refractivity contribution >= 4 is 28.2 Å². The van der Waals surface area contributed by atoms with Crippen molar-refractivity contribution < 1.29 is 0 Å². The number of fused-ring (bicyclic) bond motifs is 1. The third-order valence-electron chi connectivity index (χ3n) is 5.65. The maximum Gasteiger partial charge on any atom is 0.253 e. The van der Waals surface area contributed by atoms with Gasteiger partial charge in [-0.15, -0.1) is 0 Å². The van der Waals surface area contributed by atoms with Gasteiger partial charge in [-0.25, -0.2) is 0 Å². The van der Waals surface area contributed by atoms with E-state index in [1.54, 1.807) is 0 Å². The molecule has 152 valence electrons. The van der Waals surface area contributed by atoms with Gasteiger partial charge in [-0.3, -0.25) is 4.79 Å². The van der Waals surface area contributed by atoms with E-state index in [-0.39, 0.29) is 5.56 Å². The van der Waals surface area contributed by atoms with Crippen molar-refractivity contribution in [1.29, 1.82) is 0 Å². The number of benzene rings is 1. The molecule has 0 saturated heterocycles. The van der Waals surface area contributed by atoms with Gasteiger partial charge in [-0.05, 0) is 67.9 Å². The molecule has 1 saturated carbocycles. The molecule has 5 heteroatoms. The number of rotatable bonds is 5. The molecule has 0 atom stereocenters. The molecule has 1 aliphatic rings. The number of nitrogens with one attached hydrogen (secondary N) is 2. The van der Waals surface area contributed by atoms with Gasteiger partial charge >= 0.3 is 0 Å². The summed E-state index contributed by atoms with van der Waals surface area (Å²) in [5.41, 5.74) is 4.03. The number of aryl methyl sites for hydroxylation is 2. The highest BCUT2D eigenvalue weighted by molar-refractivity contribution is 7.80. The van der Waals surface area contributed by atoms with E-state index in [9.17, 15) is 4.79 Å². The highest BCUT2D eigenvalue weighted by Gasteiger charge is 2.24. The lowest BCUT2D eigenvalue weighted by Crippen LogP contribution is -2.47. The molecule has 0 radical (unpaired) electrons. The molecule has 0 spiro atoms. The quantitative estimate of drug-likeness (QED) is 0.709. The van der Waals surface area contributed by atoms with Gasteiger partial charge in [0, 0.05) is 18.2 Å². The SMILES string of the molecule is Cc1cc(C)c2[nH]c(=O)c(CN(C(=S)NCC(C)C)C3CCCCC3)cc2c1. The smallest absolute Gasteiger partial charge is 0.253 e. The normalized spacial score (nSPS) is 15.2. The topological polar surface area (TPSA) is 48.1 Å². The van der Waals surface area contributed by atoms with Crippen LogP contribution in [0.25, 0.3) is 10.9 Å². The minimum absolute atomic E-state index is 0.00748. The molecule has 3 rings (SSSR count). The molecule has 0 bridgehead atoms. The Labute approximate surface area is 173 Å². The molecule has 1 fully saturated rings. The van der Waals surface area contributed by atoms with Gasteiger partial charge < -0.3 is 15.2 Å². The molecular weight excluding hydrogens is 366 g/mol. The minimum Gasteiger partial charge on any atom is -0.362 e. The fourth-order valence-electron chi connectivity index (χ4n) is 4.19. The van der Waals surface area contributed by atoms with E-state index in [0.717, 1.165) is 46.5 Å². The Morgan fingerprint density at radius 2 is 1.93 bits per heavy atom. The molecule has 0 aliphatic heterocycles. The predicted molar refractivity (Wildman–Crippen MR) is 122 cm³/mol. The van der Waals surface area contributed by atoms with E-state index in [4.69, 9.17) is 12.2 Å². The predicted octanol–water partition coefficient (Wildman–Crippen LogP) is 4.81. The van der Waals surface area contributed by atoms with Crippen LogP contribution in [0.15, 0.2) is 23.0 Å². The van der Waals surface area contributed by atoms with Crippen molar-refractivity contribution in [3.05, 3.63) is 45.2 Å². The van der Waals surface area contributed by atoms with Crippen molar-refractivity contribution in [3.8, 4) is 0 Å². The summed E-state index contributed by atoms with van der Waals surface area (Å²) in [5, 5.41) is 5.29. The molecule has 4 nitrogen and oxygen atoms in total. The first-order chi connectivity index (χ1) is 13.3. The number of H-pyrrole nitrogens is 1. The van der Waals surface area contributed by atoms with Crippen LogP contribution in [0.4, 0.5) is 0 Å². The largest absolute Gasteiger partial charge is 0.362 e. The van der Waals surface area contributed by atoms with E-state index >= 15 is 0 Å². The summed E-state index contributed by atoms with van der Waals surface area (Å²) in [7, 11) is 0. The lowest BCUT2D eigenvalue weighted by Gasteiger charge is -2.36. The Morgan fingerprint density at radius 1 is 1.21 bits per heavy atom. The number of hydrogen-bond acceptors (Lipinski definition) is 2. The first kappa shape index (κ1) is 20.8. The molecule has 28 heavy (non-hydrogen) atoms. The lowest BCUT2D eigenvalue weighted by atomic mass is 9.94. The van der Waals surface area contributed by atoms with Crippen LogP contribution in [0.5, 0.6) is 0 Å². The van der Waals surface area contributed by atoms with Crippen LogP contribution in [0, 0.1) is 19.8 Å². The van der Waals surface area contributed by atoms with Crippen LogP contribution in [0.2, 0.25) is 0 Å². The van der Waals surface area contributed by atoms with Crippen LogP contribution in [0.1, 0.15) is 62.6 Å². The standard InChI is InChI=1S/C23H33N3OS/c1-15(2)13-24-23(28)26(20-8-6-5-7-9-20)14-19-12-18-11-16(3)10-17(4)21(18)25-22(19)27/h10-12,15,20H,5-9,13-14H2,1-4H3,(H,24,28)(H,25,27). The molecule has 1 aliphatic carbocycles. The second-order valence-corrected chi connectivity index (χ2v) is 9.06. The van der Waals surface area contributed by atoms with Crippen molar-refractivity contribution in [3.63, 3.8) is 0 Å². The number of aromatic amines is 1. The van der Waals surface area contributed by atoms with E-state index in [2.05, 4.69) is 54.2 Å². The van der Waals surface area contributed by atoms with Crippen LogP contribution in [0.3, 0.4) is 0 Å². The maximum absolute atomic E-state index is 12.8. The first-order valence-electron chi connectivity index (χ1n) is 10.5. The van der Waals surface area contributed by atoms with Gasteiger partial charge in [0.1, 0.15) is 0 Å². The Balaban J connectivity index is 1.91. The van der Waals surface area contributed by atoms with E-state index in [1.165, 1.54) is 24.8 Å². The third kappa shape index (κ3) is 4.93. The highest BCUT2D eigenvalue weighted by atomic mass is 32.1. The zero-order valence-electron chi connectivity index (χ0n) is 17.6. The van der Waals surface area contributed by atoms with Crippen LogP contribution in [-0.2, 0) is 6.54 Å². The van der Waals surface area contributed by atoms with Crippen LogP contribution >= 0.6 is 12.2 Å². The zero-order valence-corrected chi connectivity index (χ0v) is 18.4. The monoisotopic (exact) mass is 399 g/mol. The Kier molecular flexibility index (Phi) is 6.76. The molecular formula is C23H33N3OS. The summed E-state index contributed by atoms with van der Waals surface area (Å²) in [6.07, 6.45) is 6.06. The summed E-state index contributed by atoms with van der Waals surface area (Å²) in [6, 6.07) is 6.71. The van der Waals surface area contributed by atoms with Crippen molar-refractivity contribution in [1.82, 2.24) is 15.2 Å². The van der Waals surface area contributed by atoms with Gasteiger partial charge in [0.2, 0.25) is 0 Å². The molecule has 1 aromatic carbocycles. The van der Waals surface area contributed by atoms with Gasteiger partial charge in [0.05, 0.1) is 12.1 Å². The van der Waals surface area contributed by atoms with E-state index < -0.39 is 0 Å². The van der Waals surface area contributed by atoms with Gasteiger partial charge in [0.15, 0.2) is 5.11 Å². The second kappa shape index (κ2) is 9.08. The second-order valence-electron chi connectivity index (χ2n) is 8.67. The molecule has 2 N–H and O–H groups in total. The van der Waals surface area contributed by atoms with Crippen LogP contribution in [-0.4, -0.2) is 27.6 Å². The lowest BCUT2D eigenvalue weighted by molar-refractivity contribution is 0.234. The third-order valence-corrected chi connectivity index (χ3v) is 6.03. The van der Waals surface area contributed by atoms with Crippen molar-refractivity contribution in [2.45, 2.75) is 72.4 Å². The molecule has 0 unspecified atom stereocenters. The minimum atomic E-state index is -0.00748. The number of aromatic nitrogens is 1. The Hall–Kier alpha value is -1.88. The maximum atomic E-state index is 12.8. The molecule has 2 aromatic rings. The Bertz CT molecular complexity index is 897. The first-order valence-corrected chi connectivity index (χ1v) is 10.9. The average Bonchev–Trinajstić information content (AvgIpc) is 2.65. The van der Waals surface area contributed by atoms with Gasteiger partial charge in [0.25, 0.3) is 5.56 Å². The summed E-state index contributed by atoms with van der Waals surface area (Å²) in [6.45, 7) is 9.92. The number of thiocarbonyl (C=S) groups is 1. The fourth-order valence-corrected chi connectivity index (χ4v) is 4.48. The number of nitrogens with zero attached hydrogens (tertiary/aromatic N) is 1. The highest BCUT2D eigenvalue weighted by Crippen LogP contribution is 2.25. The average molecular weight is 400 g/mol. The van der Waals surface area contributed by atoms with E-state index in [1.807, 2.05) is 6.92 Å². The number of hydrogen-bond donors (Lipinski definition) is 2. The summed E-state index contributed by atoms with van der Waals surface area (Å²) in [5.74, 6) is 0.529. The molecule has 0 amide bonds. The summed E-state index contributed by atoms with van der Waals surface area (Å²) in [4.78, 5) is 18.2. The molecule has 1 aromatic heterocycles. The Morgan fingerprint density at radius 3 is 2.61 bits per heavy atom. The number of pyridine rings is 1. The van der Waals surface area contributed by atoms with Crippen LogP contribution < -0.4 is 10.9 Å². The van der Waals surface area contributed by atoms with Crippen molar-refractivity contribution in [2.75, 3.05) is 6.54 Å². The zero-order chi connectivity index (χ0) is 20.3.